The lowest BCUT2D eigenvalue weighted by Gasteiger charge is -2.07. The maximum atomic E-state index is 12.2. The third kappa shape index (κ3) is 4.07. The molecule has 2 aromatic rings. The Balaban J connectivity index is 2.17. The number of nitrogens with two attached hydrogens (primary N) is 1. The van der Waals surface area contributed by atoms with Gasteiger partial charge in [-0.25, -0.2) is 4.79 Å². The molecule has 0 bridgehead atoms. The summed E-state index contributed by atoms with van der Waals surface area (Å²) in [6.07, 6.45) is 1.81. The molecule has 0 saturated carbocycles. The highest BCUT2D eigenvalue weighted by Gasteiger charge is 2.25. The zero-order chi connectivity index (χ0) is 18.7. The molecule has 2 aromatic heterocycles. The minimum absolute atomic E-state index is 0.146. The zero-order valence-electron chi connectivity index (χ0n) is 13.9. The van der Waals surface area contributed by atoms with E-state index in [1.165, 1.54) is 7.11 Å². The number of primary amides is 1. The van der Waals surface area contributed by atoms with Crippen LogP contribution in [-0.2, 0) is 16.1 Å². The number of anilines is 1. The fourth-order valence-corrected chi connectivity index (χ4v) is 3.59. The molecule has 0 unspecified atom stereocenters. The Hall–Kier alpha value is -2.20. The molecule has 134 valence electrons. The van der Waals surface area contributed by atoms with Crippen LogP contribution in [0.1, 0.15) is 37.7 Å². The molecule has 0 spiro atoms. The van der Waals surface area contributed by atoms with Gasteiger partial charge in [0.05, 0.1) is 34.8 Å². The number of nitrogens with zero attached hydrogens (tertiary/aromatic N) is 2. The third-order valence-electron chi connectivity index (χ3n) is 3.61. The van der Waals surface area contributed by atoms with Crippen molar-refractivity contribution in [2.45, 2.75) is 26.8 Å². The summed E-state index contributed by atoms with van der Waals surface area (Å²) >= 11 is 4.32. The quantitative estimate of drug-likeness (QED) is 0.684. The van der Waals surface area contributed by atoms with Gasteiger partial charge in [0.2, 0.25) is 5.91 Å². The van der Waals surface area contributed by atoms with Crippen molar-refractivity contribution in [3.63, 3.8) is 0 Å². The van der Waals surface area contributed by atoms with Crippen LogP contribution in [0.25, 0.3) is 0 Å². The highest BCUT2D eigenvalue weighted by Crippen LogP contribution is 2.33. The Morgan fingerprint density at radius 3 is 2.60 bits per heavy atom. The number of rotatable bonds is 6. The van der Waals surface area contributed by atoms with Crippen molar-refractivity contribution in [2.75, 3.05) is 12.4 Å². The summed E-state index contributed by atoms with van der Waals surface area (Å²) in [5, 5.41) is 7.06. The molecule has 2 heterocycles. The Morgan fingerprint density at radius 1 is 1.40 bits per heavy atom. The number of carbonyl (C=O) groups is 3. The Kier molecular flexibility index (Phi) is 5.96. The average Bonchev–Trinajstić information content (AvgIpc) is 3.05. The van der Waals surface area contributed by atoms with Gasteiger partial charge in [-0.3, -0.25) is 14.3 Å². The first-order valence-corrected chi connectivity index (χ1v) is 8.86. The molecular formula is C15H17BrN4O4S. The lowest BCUT2D eigenvalue weighted by Crippen LogP contribution is -2.17. The van der Waals surface area contributed by atoms with Gasteiger partial charge in [-0.2, -0.15) is 5.10 Å². The second-order valence-corrected chi connectivity index (χ2v) is 7.09. The first-order valence-electron chi connectivity index (χ1n) is 7.25. The first-order chi connectivity index (χ1) is 11.8. The number of ether oxygens (including phenoxy) is 1. The zero-order valence-corrected chi connectivity index (χ0v) is 16.3. The Labute approximate surface area is 156 Å². The SMILES string of the molecule is COC(=O)c1c(NC(=O)CCn2ncc(Br)c2C)sc(C(N)=O)c1C. The topological polar surface area (TPSA) is 116 Å². The van der Waals surface area contributed by atoms with Gasteiger partial charge in [0, 0.05) is 12.1 Å². The monoisotopic (exact) mass is 428 g/mol. The molecule has 0 aliphatic carbocycles. The van der Waals surface area contributed by atoms with Crippen LogP contribution in [0, 0.1) is 13.8 Å². The molecule has 0 radical (unpaired) electrons. The highest BCUT2D eigenvalue weighted by atomic mass is 79.9. The number of hydrogen-bond donors (Lipinski definition) is 2. The molecule has 2 amide bonds. The predicted octanol–water partition coefficient (Wildman–Crippen LogP) is 2.24. The van der Waals surface area contributed by atoms with E-state index in [0.717, 1.165) is 21.5 Å². The summed E-state index contributed by atoms with van der Waals surface area (Å²) in [5.74, 6) is -1.61. The third-order valence-corrected chi connectivity index (χ3v) is 5.61. The summed E-state index contributed by atoms with van der Waals surface area (Å²) in [4.78, 5) is 35.9. The van der Waals surface area contributed by atoms with Crippen molar-refractivity contribution < 1.29 is 19.1 Å². The summed E-state index contributed by atoms with van der Waals surface area (Å²) in [6.45, 7) is 3.85. The van der Waals surface area contributed by atoms with Crippen LogP contribution < -0.4 is 11.1 Å². The molecule has 3 N–H and O–H groups in total. The maximum Gasteiger partial charge on any atom is 0.341 e. The van der Waals surface area contributed by atoms with E-state index in [-0.39, 0.29) is 27.8 Å². The van der Waals surface area contributed by atoms with E-state index in [4.69, 9.17) is 10.5 Å². The summed E-state index contributed by atoms with van der Waals surface area (Å²) in [7, 11) is 1.23. The van der Waals surface area contributed by atoms with E-state index in [1.54, 1.807) is 17.8 Å². The number of thiophene rings is 1. The van der Waals surface area contributed by atoms with Gasteiger partial charge in [-0.1, -0.05) is 0 Å². The molecule has 0 aromatic carbocycles. The van der Waals surface area contributed by atoms with Gasteiger partial charge in [0.25, 0.3) is 5.91 Å². The second-order valence-electron chi connectivity index (χ2n) is 5.22. The van der Waals surface area contributed by atoms with Crippen LogP contribution in [0.3, 0.4) is 0 Å². The van der Waals surface area contributed by atoms with E-state index in [9.17, 15) is 14.4 Å². The highest BCUT2D eigenvalue weighted by molar-refractivity contribution is 9.10. The van der Waals surface area contributed by atoms with E-state index < -0.39 is 11.9 Å². The van der Waals surface area contributed by atoms with Crippen LogP contribution >= 0.6 is 27.3 Å². The predicted molar refractivity (Wildman–Crippen MR) is 96.8 cm³/mol. The molecule has 0 aliphatic rings. The molecule has 10 heteroatoms. The van der Waals surface area contributed by atoms with Crippen molar-refractivity contribution in [1.82, 2.24) is 9.78 Å². The van der Waals surface area contributed by atoms with E-state index in [2.05, 4.69) is 26.3 Å². The van der Waals surface area contributed by atoms with E-state index in [0.29, 0.717) is 12.1 Å². The van der Waals surface area contributed by atoms with E-state index >= 15 is 0 Å². The number of halogens is 1. The molecule has 8 nitrogen and oxygen atoms in total. The van der Waals surface area contributed by atoms with E-state index in [1.807, 2.05) is 6.92 Å². The number of aromatic nitrogens is 2. The normalized spacial score (nSPS) is 10.6. The van der Waals surface area contributed by atoms with Gasteiger partial charge in [-0.15, -0.1) is 11.3 Å². The number of amides is 2. The summed E-state index contributed by atoms with van der Waals surface area (Å²) in [6, 6.07) is 0. The molecule has 0 aliphatic heterocycles. The van der Waals surface area contributed by atoms with Gasteiger partial charge in [-0.05, 0) is 35.3 Å². The van der Waals surface area contributed by atoms with Crippen LogP contribution in [-0.4, -0.2) is 34.7 Å². The minimum atomic E-state index is -0.662. The Bertz CT molecular complexity index is 843. The Morgan fingerprint density at radius 2 is 2.08 bits per heavy atom. The molecule has 25 heavy (non-hydrogen) atoms. The number of methoxy groups -OCH3 is 1. The fraction of sp³-hybridized carbons (Fsp3) is 0.333. The molecular weight excluding hydrogens is 412 g/mol. The van der Waals surface area contributed by atoms with Crippen molar-refractivity contribution in [1.29, 1.82) is 0 Å². The standard InChI is InChI=1S/C15H17BrN4O4S/c1-7-11(15(23)24-3)14(25-12(7)13(17)22)19-10(21)4-5-20-8(2)9(16)6-18-20/h6H,4-5H2,1-3H3,(H2,17,22)(H,19,21). The van der Waals surface area contributed by atoms with Gasteiger partial charge < -0.3 is 15.8 Å². The van der Waals surface area contributed by atoms with Crippen molar-refractivity contribution in [2.24, 2.45) is 5.73 Å². The van der Waals surface area contributed by atoms with Crippen molar-refractivity contribution >= 4 is 50.1 Å². The second kappa shape index (κ2) is 7.79. The number of carbonyl (C=O) groups excluding carboxylic acids is 3. The van der Waals surface area contributed by atoms with Gasteiger partial charge in [0.15, 0.2) is 0 Å². The molecule has 2 rings (SSSR count). The number of aryl methyl sites for hydroxylation is 1. The average molecular weight is 429 g/mol. The lowest BCUT2D eigenvalue weighted by atomic mass is 10.1. The largest absolute Gasteiger partial charge is 0.465 e. The fourth-order valence-electron chi connectivity index (χ4n) is 2.23. The smallest absolute Gasteiger partial charge is 0.341 e. The van der Waals surface area contributed by atoms with Crippen LogP contribution in [0.5, 0.6) is 0 Å². The first kappa shape index (κ1) is 19.1. The number of hydrogen-bond acceptors (Lipinski definition) is 6. The molecule has 0 saturated heterocycles. The minimum Gasteiger partial charge on any atom is -0.465 e. The lowest BCUT2D eigenvalue weighted by molar-refractivity contribution is -0.116. The molecule has 0 atom stereocenters. The maximum absolute atomic E-state index is 12.2. The van der Waals surface area contributed by atoms with Crippen molar-refractivity contribution in [3.8, 4) is 0 Å². The van der Waals surface area contributed by atoms with Crippen LogP contribution in [0.2, 0.25) is 0 Å². The van der Waals surface area contributed by atoms with Crippen LogP contribution in [0.15, 0.2) is 10.7 Å². The molecule has 0 fully saturated rings. The van der Waals surface area contributed by atoms with Gasteiger partial charge >= 0.3 is 5.97 Å². The van der Waals surface area contributed by atoms with Crippen molar-refractivity contribution in [3.05, 3.63) is 32.4 Å². The van der Waals surface area contributed by atoms with Crippen LogP contribution in [0.4, 0.5) is 5.00 Å². The van der Waals surface area contributed by atoms with Gasteiger partial charge in [0.1, 0.15) is 5.00 Å². The number of nitrogens with one attached hydrogen (secondary N) is 1. The summed E-state index contributed by atoms with van der Waals surface area (Å²) in [5.41, 5.74) is 6.76. The summed E-state index contributed by atoms with van der Waals surface area (Å²) < 4.78 is 7.28. The number of esters is 1.